The maximum atomic E-state index is 11.1. The van der Waals surface area contributed by atoms with Crippen LogP contribution in [0, 0.1) is 0 Å². The number of nitrogens with zero attached hydrogens (tertiary/aromatic N) is 1. The fourth-order valence-electron chi connectivity index (χ4n) is 1.40. The molecule has 0 radical (unpaired) electrons. The molecule has 0 heterocycles. The third-order valence-corrected chi connectivity index (χ3v) is 3.18. The third kappa shape index (κ3) is 5.63. The summed E-state index contributed by atoms with van der Waals surface area (Å²) in [5.74, 6) is -0.0800. The predicted octanol–water partition coefficient (Wildman–Crippen LogP) is 0.918. The summed E-state index contributed by atoms with van der Waals surface area (Å²) in [6.45, 7) is 0. The van der Waals surface area contributed by atoms with Crippen LogP contribution in [0.15, 0.2) is 36.4 Å². The zero-order valence-corrected chi connectivity index (χ0v) is 10.9. The van der Waals surface area contributed by atoms with Crippen LogP contribution >= 0.6 is 0 Å². The number of likely N-dealkylation sites (N-methyl/N-ethyl adjacent to an activating group) is 1. The normalized spacial score (nSPS) is 14.4. The minimum absolute atomic E-state index is 0.0800. The Labute approximate surface area is 103 Å². The van der Waals surface area contributed by atoms with E-state index in [0.717, 1.165) is 5.56 Å². The minimum atomic E-state index is -3.47. The van der Waals surface area contributed by atoms with Crippen LogP contribution in [0.4, 0.5) is 0 Å². The van der Waals surface area contributed by atoms with E-state index in [1.807, 2.05) is 61.5 Å². The van der Waals surface area contributed by atoms with E-state index in [0.29, 0.717) is 0 Å². The number of hydrogen-bond acceptors (Lipinski definition) is 3. The molecule has 0 bridgehead atoms. The highest BCUT2D eigenvalue weighted by Crippen LogP contribution is 2.05. The molecule has 0 aliphatic rings. The van der Waals surface area contributed by atoms with Gasteiger partial charge in [0.05, 0.1) is 5.75 Å². The summed E-state index contributed by atoms with van der Waals surface area (Å²) in [5.41, 5.74) is 1.04. The van der Waals surface area contributed by atoms with Gasteiger partial charge in [-0.3, -0.25) is 0 Å². The summed E-state index contributed by atoms with van der Waals surface area (Å²) in [5, 5.41) is 5.05. The summed E-state index contributed by atoms with van der Waals surface area (Å²) >= 11 is 0. The fraction of sp³-hybridized carbons (Fsp3) is 0.333. The average molecular weight is 254 g/mol. The molecular formula is C12H18N2O2S. The number of primary sulfonamides is 1. The molecule has 0 aromatic heterocycles. The van der Waals surface area contributed by atoms with Gasteiger partial charge in [-0.1, -0.05) is 42.5 Å². The number of benzene rings is 1. The second kappa shape index (κ2) is 5.95. The van der Waals surface area contributed by atoms with Crippen LogP contribution in [0.25, 0.3) is 6.08 Å². The van der Waals surface area contributed by atoms with Crippen molar-refractivity contribution in [3.8, 4) is 0 Å². The van der Waals surface area contributed by atoms with Crippen molar-refractivity contribution in [2.24, 2.45) is 5.14 Å². The van der Waals surface area contributed by atoms with Gasteiger partial charge in [0.2, 0.25) is 10.0 Å². The lowest BCUT2D eigenvalue weighted by Crippen LogP contribution is -2.35. The second-order valence-electron chi connectivity index (χ2n) is 4.13. The van der Waals surface area contributed by atoms with Crippen LogP contribution in [0.5, 0.6) is 0 Å². The molecule has 0 spiro atoms. The summed E-state index contributed by atoms with van der Waals surface area (Å²) in [4.78, 5) is 1.82. The van der Waals surface area contributed by atoms with E-state index < -0.39 is 10.0 Å². The number of rotatable bonds is 5. The molecule has 1 aromatic rings. The average Bonchev–Trinajstić information content (AvgIpc) is 2.24. The van der Waals surface area contributed by atoms with Crippen molar-refractivity contribution in [3.63, 3.8) is 0 Å². The van der Waals surface area contributed by atoms with Crippen molar-refractivity contribution in [2.45, 2.75) is 6.04 Å². The molecule has 0 aliphatic carbocycles. The van der Waals surface area contributed by atoms with E-state index in [1.165, 1.54) is 0 Å². The van der Waals surface area contributed by atoms with Crippen LogP contribution in [-0.4, -0.2) is 39.2 Å². The van der Waals surface area contributed by atoms with Gasteiger partial charge >= 0.3 is 0 Å². The van der Waals surface area contributed by atoms with Crippen LogP contribution in [0.2, 0.25) is 0 Å². The van der Waals surface area contributed by atoms with Gasteiger partial charge in [0.15, 0.2) is 0 Å². The predicted molar refractivity (Wildman–Crippen MR) is 70.9 cm³/mol. The molecule has 94 valence electrons. The molecule has 0 saturated carbocycles. The molecule has 4 nitrogen and oxygen atoms in total. The number of sulfonamides is 1. The number of nitrogens with two attached hydrogens (primary N) is 1. The van der Waals surface area contributed by atoms with Crippen molar-refractivity contribution in [1.82, 2.24) is 4.90 Å². The van der Waals surface area contributed by atoms with Crippen molar-refractivity contribution in [1.29, 1.82) is 0 Å². The lowest BCUT2D eigenvalue weighted by molar-refractivity contribution is 0.365. The monoisotopic (exact) mass is 254 g/mol. The van der Waals surface area contributed by atoms with Crippen molar-refractivity contribution < 1.29 is 8.42 Å². The summed E-state index contributed by atoms with van der Waals surface area (Å²) in [7, 11) is 0.184. The Morgan fingerprint density at radius 2 is 1.88 bits per heavy atom. The molecule has 1 aromatic carbocycles. The quantitative estimate of drug-likeness (QED) is 0.850. The molecular weight excluding hydrogens is 236 g/mol. The van der Waals surface area contributed by atoms with Gasteiger partial charge in [0.25, 0.3) is 0 Å². The Morgan fingerprint density at radius 3 is 2.35 bits per heavy atom. The smallest absolute Gasteiger partial charge is 0.210 e. The Bertz CT molecular complexity index is 467. The Morgan fingerprint density at radius 1 is 1.29 bits per heavy atom. The Hall–Kier alpha value is -1.17. The first-order chi connectivity index (χ1) is 7.88. The van der Waals surface area contributed by atoms with E-state index >= 15 is 0 Å². The van der Waals surface area contributed by atoms with E-state index in [2.05, 4.69) is 0 Å². The molecule has 5 heteroatoms. The van der Waals surface area contributed by atoms with E-state index in [4.69, 9.17) is 5.14 Å². The first kappa shape index (κ1) is 13.9. The lowest BCUT2D eigenvalue weighted by atomic mass is 10.2. The maximum Gasteiger partial charge on any atom is 0.210 e. The van der Waals surface area contributed by atoms with Crippen molar-refractivity contribution >= 4 is 16.1 Å². The minimum Gasteiger partial charge on any atom is -0.302 e. The molecule has 0 saturated heterocycles. The van der Waals surface area contributed by atoms with Gasteiger partial charge < -0.3 is 4.90 Å². The van der Waals surface area contributed by atoms with Gasteiger partial charge in [-0.15, -0.1) is 0 Å². The van der Waals surface area contributed by atoms with Gasteiger partial charge in [-0.2, -0.15) is 0 Å². The highest BCUT2D eigenvalue weighted by molar-refractivity contribution is 7.89. The highest BCUT2D eigenvalue weighted by atomic mass is 32.2. The number of hydrogen-bond donors (Lipinski definition) is 1. The molecule has 2 N–H and O–H groups in total. The Kier molecular flexibility index (Phi) is 4.86. The van der Waals surface area contributed by atoms with Crippen LogP contribution in [0.1, 0.15) is 5.56 Å². The fourth-order valence-corrected chi connectivity index (χ4v) is 2.29. The molecule has 0 aliphatic heterocycles. The third-order valence-electron chi connectivity index (χ3n) is 2.38. The van der Waals surface area contributed by atoms with Gasteiger partial charge in [-0.05, 0) is 19.7 Å². The van der Waals surface area contributed by atoms with Gasteiger partial charge in [0.1, 0.15) is 0 Å². The van der Waals surface area contributed by atoms with Gasteiger partial charge in [-0.25, -0.2) is 13.6 Å². The SMILES string of the molecule is CN(C)[C@@H](/C=C/c1ccccc1)CS(N)(=O)=O. The van der Waals surface area contributed by atoms with E-state index in [-0.39, 0.29) is 11.8 Å². The molecule has 0 unspecified atom stereocenters. The highest BCUT2D eigenvalue weighted by Gasteiger charge is 2.14. The Balaban J connectivity index is 2.78. The van der Waals surface area contributed by atoms with Crippen molar-refractivity contribution in [2.75, 3.05) is 19.8 Å². The summed E-state index contributed by atoms with van der Waals surface area (Å²) in [6, 6.07) is 9.50. The maximum absolute atomic E-state index is 11.1. The molecule has 0 fully saturated rings. The lowest BCUT2D eigenvalue weighted by Gasteiger charge is -2.19. The zero-order chi connectivity index (χ0) is 12.9. The zero-order valence-electron chi connectivity index (χ0n) is 10.1. The summed E-state index contributed by atoms with van der Waals surface area (Å²) < 4.78 is 22.1. The van der Waals surface area contributed by atoms with Gasteiger partial charge in [0, 0.05) is 6.04 Å². The van der Waals surface area contributed by atoms with E-state index in [1.54, 1.807) is 0 Å². The van der Waals surface area contributed by atoms with E-state index in [9.17, 15) is 8.42 Å². The molecule has 17 heavy (non-hydrogen) atoms. The second-order valence-corrected chi connectivity index (χ2v) is 5.79. The van der Waals surface area contributed by atoms with Crippen LogP contribution < -0.4 is 5.14 Å². The standard InChI is InChI=1S/C12H18N2O2S/c1-14(2)12(10-17(13,15)16)9-8-11-6-4-3-5-7-11/h3-9,12H,10H2,1-2H3,(H2,13,15,16)/b9-8+/t12-/m0/s1. The largest absolute Gasteiger partial charge is 0.302 e. The first-order valence-electron chi connectivity index (χ1n) is 5.28. The van der Waals surface area contributed by atoms with Crippen LogP contribution in [-0.2, 0) is 10.0 Å². The molecule has 1 rings (SSSR count). The van der Waals surface area contributed by atoms with Crippen LogP contribution in [0.3, 0.4) is 0 Å². The molecule has 0 amide bonds. The molecule has 1 atom stereocenters. The first-order valence-corrected chi connectivity index (χ1v) is 7.00. The summed E-state index contributed by atoms with van der Waals surface area (Å²) in [6.07, 6.45) is 3.75. The van der Waals surface area contributed by atoms with Crippen molar-refractivity contribution in [3.05, 3.63) is 42.0 Å². The topological polar surface area (TPSA) is 63.4 Å².